The molecular weight excluding hydrogens is 332 g/mol. The third-order valence-electron chi connectivity index (χ3n) is 4.13. The maximum atomic E-state index is 12.1. The number of nitrogens with zero attached hydrogens (tertiary/aromatic N) is 4. The highest BCUT2D eigenvalue weighted by Gasteiger charge is 2.10. The molecule has 8 nitrogen and oxygen atoms in total. The summed E-state index contributed by atoms with van der Waals surface area (Å²) in [4.78, 5) is 32.0. The van der Waals surface area contributed by atoms with Gasteiger partial charge < -0.3 is 10.3 Å². The summed E-state index contributed by atoms with van der Waals surface area (Å²) in [5, 5.41) is 6.96. The van der Waals surface area contributed by atoms with Gasteiger partial charge >= 0.3 is 5.69 Å². The SMILES string of the molecule is O=C(Cn1nc2ccccn2c1=O)NCCCc1nc2ccccc2[nH]1. The van der Waals surface area contributed by atoms with Crippen molar-refractivity contribution in [2.45, 2.75) is 19.4 Å². The number of rotatable bonds is 6. The predicted molar refractivity (Wildman–Crippen MR) is 96.9 cm³/mol. The highest BCUT2D eigenvalue weighted by Crippen LogP contribution is 2.11. The lowest BCUT2D eigenvalue weighted by atomic mass is 10.3. The van der Waals surface area contributed by atoms with Gasteiger partial charge in [-0.05, 0) is 30.7 Å². The first-order valence-electron chi connectivity index (χ1n) is 8.45. The van der Waals surface area contributed by atoms with Crippen molar-refractivity contribution in [3.05, 3.63) is 65.0 Å². The Morgan fingerprint density at radius 2 is 2.00 bits per heavy atom. The van der Waals surface area contributed by atoms with E-state index in [-0.39, 0.29) is 18.1 Å². The maximum Gasteiger partial charge on any atom is 0.350 e. The molecule has 8 heteroatoms. The number of hydrogen-bond acceptors (Lipinski definition) is 4. The van der Waals surface area contributed by atoms with E-state index in [0.29, 0.717) is 12.2 Å². The van der Waals surface area contributed by atoms with Gasteiger partial charge in [-0.1, -0.05) is 18.2 Å². The van der Waals surface area contributed by atoms with E-state index in [1.165, 1.54) is 9.08 Å². The fraction of sp³-hybridized carbons (Fsp3) is 0.222. The van der Waals surface area contributed by atoms with Gasteiger partial charge in [-0.2, -0.15) is 0 Å². The molecule has 0 atom stereocenters. The third kappa shape index (κ3) is 3.21. The number of fused-ring (bicyclic) bond motifs is 2. The Labute approximate surface area is 148 Å². The molecule has 1 amide bonds. The molecule has 0 bridgehead atoms. The van der Waals surface area contributed by atoms with Crippen LogP contribution in [0.5, 0.6) is 0 Å². The van der Waals surface area contributed by atoms with Gasteiger partial charge in [0.1, 0.15) is 12.4 Å². The number of aryl methyl sites for hydroxylation is 1. The summed E-state index contributed by atoms with van der Waals surface area (Å²) in [5.41, 5.74) is 2.16. The van der Waals surface area contributed by atoms with Crippen molar-refractivity contribution >= 4 is 22.6 Å². The minimum Gasteiger partial charge on any atom is -0.354 e. The van der Waals surface area contributed by atoms with E-state index in [4.69, 9.17) is 0 Å². The molecule has 2 N–H and O–H groups in total. The summed E-state index contributed by atoms with van der Waals surface area (Å²) in [6.45, 7) is 0.420. The van der Waals surface area contributed by atoms with Gasteiger partial charge in [0, 0.05) is 19.2 Å². The van der Waals surface area contributed by atoms with E-state index < -0.39 is 0 Å². The molecule has 0 radical (unpaired) electrons. The van der Waals surface area contributed by atoms with E-state index in [1.807, 2.05) is 24.3 Å². The first kappa shape index (κ1) is 16.1. The molecule has 3 heterocycles. The molecule has 4 aromatic rings. The Morgan fingerprint density at radius 3 is 2.85 bits per heavy atom. The van der Waals surface area contributed by atoms with Gasteiger partial charge in [0.2, 0.25) is 5.91 Å². The van der Waals surface area contributed by atoms with Crippen molar-refractivity contribution in [1.29, 1.82) is 0 Å². The number of hydrogen-bond donors (Lipinski definition) is 2. The van der Waals surface area contributed by atoms with Crippen LogP contribution >= 0.6 is 0 Å². The van der Waals surface area contributed by atoms with Crippen LogP contribution in [-0.2, 0) is 17.8 Å². The van der Waals surface area contributed by atoms with Crippen molar-refractivity contribution in [1.82, 2.24) is 29.5 Å². The second-order valence-electron chi connectivity index (χ2n) is 6.02. The third-order valence-corrected chi connectivity index (χ3v) is 4.13. The number of nitrogens with one attached hydrogen (secondary N) is 2. The first-order chi connectivity index (χ1) is 12.7. The Balaban J connectivity index is 1.29. The normalized spacial score (nSPS) is 11.2. The maximum absolute atomic E-state index is 12.1. The second-order valence-corrected chi connectivity index (χ2v) is 6.02. The number of carbonyl (C=O) groups excluding carboxylic acids is 1. The number of H-pyrrole nitrogens is 1. The average Bonchev–Trinajstić information content (AvgIpc) is 3.20. The van der Waals surface area contributed by atoms with Gasteiger partial charge in [-0.25, -0.2) is 14.5 Å². The van der Waals surface area contributed by atoms with Crippen LogP contribution < -0.4 is 11.0 Å². The van der Waals surface area contributed by atoms with Crippen LogP contribution in [0.2, 0.25) is 0 Å². The van der Waals surface area contributed by atoms with E-state index in [2.05, 4.69) is 20.4 Å². The standard InChI is InChI=1S/C18H18N6O2/c25-17(12-24-18(26)23-11-4-3-9-16(23)22-24)19-10-5-8-15-20-13-6-1-2-7-14(13)21-15/h1-4,6-7,9,11H,5,8,10,12H2,(H,19,25)(H,20,21). The van der Waals surface area contributed by atoms with Crippen molar-refractivity contribution in [2.24, 2.45) is 0 Å². The van der Waals surface area contributed by atoms with Crippen LogP contribution in [0.25, 0.3) is 16.7 Å². The largest absolute Gasteiger partial charge is 0.354 e. The number of pyridine rings is 1. The topological polar surface area (TPSA) is 97.1 Å². The summed E-state index contributed by atoms with van der Waals surface area (Å²) in [7, 11) is 0. The zero-order chi connectivity index (χ0) is 17.9. The van der Waals surface area contributed by atoms with Crippen LogP contribution in [0.1, 0.15) is 12.2 Å². The highest BCUT2D eigenvalue weighted by molar-refractivity contribution is 5.75. The van der Waals surface area contributed by atoms with E-state index in [9.17, 15) is 9.59 Å². The number of amides is 1. The first-order valence-corrected chi connectivity index (χ1v) is 8.45. The summed E-state index contributed by atoms with van der Waals surface area (Å²) >= 11 is 0. The molecule has 0 saturated carbocycles. The fourth-order valence-electron chi connectivity index (χ4n) is 2.87. The lowest BCUT2D eigenvalue weighted by Gasteiger charge is -2.03. The Hall–Kier alpha value is -3.42. The van der Waals surface area contributed by atoms with Crippen LogP contribution in [0, 0.1) is 0 Å². The molecule has 0 fully saturated rings. The van der Waals surface area contributed by atoms with Gasteiger partial charge in [0.05, 0.1) is 11.0 Å². The van der Waals surface area contributed by atoms with Crippen molar-refractivity contribution in [2.75, 3.05) is 6.54 Å². The van der Waals surface area contributed by atoms with Crippen molar-refractivity contribution in [3.8, 4) is 0 Å². The molecule has 0 aliphatic heterocycles. The molecule has 26 heavy (non-hydrogen) atoms. The second kappa shape index (κ2) is 6.83. The highest BCUT2D eigenvalue weighted by atomic mass is 16.2. The van der Waals surface area contributed by atoms with E-state index in [0.717, 1.165) is 29.7 Å². The van der Waals surface area contributed by atoms with Gasteiger partial charge in [0.15, 0.2) is 5.65 Å². The number of carbonyl (C=O) groups is 1. The summed E-state index contributed by atoms with van der Waals surface area (Å²) in [6, 6.07) is 13.1. The zero-order valence-electron chi connectivity index (χ0n) is 14.1. The lowest BCUT2D eigenvalue weighted by molar-refractivity contribution is -0.121. The van der Waals surface area contributed by atoms with Crippen LogP contribution in [0.15, 0.2) is 53.5 Å². The summed E-state index contributed by atoms with van der Waals surface area (Å²) in [5.74, 6) is 0.664. The van der Waals surface area contributed by atoms with Gasteiger partial charge in [0.25, 0.3) is 0 Å². The van der Waals surface area contributed by atoms with Crippen molar-refractivity contribution in [3.63, 3.8) is 0 Å². The lowest BCUT2D eigenvalue weighted by Crippen LogP contribution is -2.33. The van der Waals surface area contributed by atoms with Crippen LogP contribution in [0.3, 0.4) is 0 Å². The molecular formula is C18H18N6O2. The fourth-order valence-corrected chi connectivity index (χ4v) is 2.87. The quantitative estimate of drug-likeness (QED) is 0.509. The van der Waals surface area contributed by atoms with E-state index >= 15 is 0 Å². The number of aromatic nitrogens is 5. The Bertz CT molecular complexity index is 1090. The van der Waals surface area contributed by atoms with E-state index in [1.54, 1.807) is 24.4 Å². The summed E-state index contributed by atoms with van der Waals surface area (Å²) in [6.07, 6.45) is 3.13. The molecule has 1 aromatic carbocycles. The Kier molecular flexibility index (Phi) is 4.22. The minimum atomic E-state index is -0.321. The molecule has 132 valence electrons. The smallest absolute Gasteiger partial charge is 0.350 e. The minimum absolute atomic E-state index is 0.0921. The van der Waals surface area contributed by atoms with Gasteiger partial charge in [-0.3, -0.25) is 9.20 Å². The average molecular weight is 350 g/mol. The monoisotopic (exact) mass is 350 g/mol. The van der Waals surface area contributed by atoms with Gasteiger partial charge in [-0.15, -0.1) is 5.10 Å². The van der Waals surface area contributed by atoms with Crippen LogP contribution in [0.4, 0.5) is 0 Å². The zero-order valence-corrected chi connectivity index (χ0v) is 14.1. The molecule has 0 saturated heterocycles. The molecule has 0 unspecified atom stereocenters. The Morgan fingerprint density at radius 1 is 1.15 bits per heavy atom. The molecule has 3 aromatic heterocycles. The molecule has 4 rings (SSSR count). The number of aromatic amines is 1. The molecule has 0 aliphatic carbocycles. The number of para-hydroxylation sites is 2. The predicted octanol–water partition coefficient (Wildman–Crippen LogP) is 1.12. The number of imidazole rings is 1. The van der Waals surface area contributed by atoms with Crippen LogP contribution in [-0.4, -0.2) is 36.6 Å². The number of benzene rings is 1. The molecule has 0 spiro atoms. The van der Waals surface area contributed by atoms with Crippen molar-refractivity contribution < 1.29 is 4.79 Å². The molecule has 0 aliphatic rings. The summed E-state index contributed by atoms with van der Waals surface area (Å²) < 4.78 is 2.58.